The van der Waals surface area contributed by atoms with Crippen LogP contribution in [-0.4, -0.2) is 43.6 Å². The molecule has 86 valence electrons. The first kappa shape index (κ1) is 14.2. The maximum atomic E-state index is 5.71. The molecule has 14 heavy (non-hydrogen) atoms. The summed E-state index contributed by atoms with van der Waals surface area (Å²) >= 11 is 5.71. The first-order chi connectivity index (χ1) is 6.70. The molecule has 2 nitrogen and oxygen atoms in total. The van der Waals surface area contributed by atoms with E-state index in [4.69, 9.17) is 16.3 Å². The van der Waals surface area contributed by atoms with Crippen LogP contribution in [0.2, 0.25) is 0 Å². The Hall–Kier alpha value is 0.210. The van der Waals surface area contributed by atoms with Gasteiger partial charge in [0.2, 0.25) is 0 Å². The monoisotopic (exact) mass is 221 g/mol. The fourth-order valence-corrected chi connectivity index (χ4v) is 1.52. The molecule has 0 unspecified atom stereocenters. The van der Waals surface area contributed by atoms with E-state index in [0.717, 1.165) is 32.8 Å². The van der Waals surface area contributed by atoms with E-state index >= 15 is 0 Å². The molecule has 0 atom stereocenters. The van der Waals surface area contributed by atoms with E-state index in [1.165, 1.54) is 6.42 Å². The smallest absolute Gasteiger partial charge is 0.0593 e. The normalized spacial score (nSPS) is 11.6. The zero-order valence-electron chi connectivity index (χ0n) is 9.76. The summed E-state index contributed by atoms with van der Waals surface area (Å²) in [7, 11) is 0. The van der Waals surface area contributed by atoms with Crippen molar-refractivity contribution in [1.29, 1.82) is 0 Å². The number of nitrogens with zero attached hydrogens (tertiary/aromatic N) is 1. The van der Waals surface area contributed by atoms with Gasteiger partial charge in [0.05, 0.1) is 6.61 Å². The van der Waals surface area contributed by atoms with Crippen molar-refractivity contribution in [2.24, 2.45) is 5.92 Å². The van der Waals surface area contributed by atoms with E-state index in [2.05, 4.69) is 25.7 Å². The molecule has 0 aliphatic heterocycles. The van der Waals surface area contributed by atoms with Crippen LogP contribution in [0.5, 0.6) is 0 Å². The summed E-state index contributed by atoms with van der Waals surface area (Å²) in [6.07, 6.45) is 1.18. The molecular formula is C11H24ClNO. The van der Waals surface area contributed by atoms with Gasteiger partial charge in [-0.1, -0.05) is 20.8 Å². The fraction of sp³-hybridized carbons (Fsp3) is 1.00. The van der Waals surface area contributed by atoms with Crippen LogP contribution in [0.1, 0.15) is 27.2 Å². The summed E-state index contributed by atoms with van der Waals surface area (Å²) in [6.45, 7) is 11.3. The lowest BCUT2D eigenvalue weighted by Crippen LogP contribution is -2.30. The third-order valence-corrected chi connectivity index (χ3v) is 2.11. The Labute approximate surface area is 93.6 Å². The average Bonchev–Trinajstić information content (AvgIpc) is 2.12. The van der Waals surface area contributed by atoms with Crippen LogP contribution in [0.3, 0.4) is 0 Å². The molecular weight excluding hydrogens is 198 g/mol. The first-order valence-corrected chi connectivity index (χ1v) is 6.10. The van der Waals surface area contributed by atoms with Crippen molar-refractivity contribution in [2.45, 2.75) is 27.2 Å². The van der Waals surface area contributed by atoms with Gasteiger partial charge in [0.25, 0.3) is 0 Å². The number of ether oxygens (including phenoxy) is 1. The van der Waals surface area contributed by atoms with Gasteiger partial charge in [-0.05, 0) is 18.9 Å². The van der Waals surface area contributed by atoms with Crippen molar-refractivity contribution in [2.75, 3.05) is 38.7 Å². The molecule has 0 aromatic heterocycles. The average molecular weight is 222 g/mol. The van der Waals surface area contributed by atoms with Gasteiger partial charge in [-0.25, -0.2) is 0 Å². The maximum Gasteiger partial charge on any atom is 0.0593 e. The van der Waals surface area contributed by atoms with Crippen molar-refractivity contribution in [1.82, 2.24) is 4.90 Å². The molecule has 0 aromatic carbocycles. The van der Waals surface area contributed by atoms with Crippen LogP contribution >= 0.6 is 11.6 Å². The van der Waals surface area contributed by atoms with Crippen molar-refractivity contribution < 1.29 is 4.74 Å². The van der Waals surface area contributed by atoms with E-state index in [1.54, 1.807) is 0 Å². The third-order valence-electron chi connectivity index (χ3n) is 1.94. The fourth-order valence-electron chi connectivity index (χ4n) is 1.28. The molecule has 0 spiro atoms. The van der Waals surface area contributed by atoms with Gasteiger partial charge in [0.15, 0.2) is 0 Å². The van der Waals surface area contributed by atoms with Crippen LogP contribution < -0.4 is 0 Å². The van der Waals surface area contributed by atoms with Crippen LogP contribution in [-0.2, 0) is 4.74 Å². The van der Waals surface area contributed by atoms with Gasteiger partial charge in [-0.3, -0.25) is 4.90 Å². The van der Waals surface area contributed by atoms with Crippen molar-refractivity contribution in [3.05, 3.63) is 0 Å². The number of hydrogen-bond acceptors (Lipinski definition) is 2. The summed E-state index contributed by atoms with van der Waals surface area (Å²) in [6, 6.07) is 0. The Morgan fingerprint density at radius 2 is 1.93 bits per heavy atom. The van der Waals surface area contributed by atoms with Crippen LogP contribution in [0, 0.1) is 5.92 Å². The van der Waals surface area contributed by atoms with Gasteiger partial charge in [0, 0.05) is 25.6 Å². The molecule has 0 amide bonds. The molecule has 0 saturated carbocycles. The highest BCUT2D eigenvalue weighted by molar-refractivity contribution is 6.18. The van der Waals surface area contributed by atoms with Gasteiger partial charge in [-0.2, -0.15) is 0 Å². The molecule has 0 radical (unpaired) electrons. The highest BCUT2D eigenvalue weighted by atomic mass is 35.5. The van der Waals surface area contributed by atoms with Crippen molar-refractivity contribution >= 4 is 11.6 Å². The molecule has 0 rings (SSSR count). The second-order valence-electron chi connectivity index (χ2n) is 4.00. The second kappa shape index (κ2) is 9.75. The van der Waals surface area contributed by atoms with E-state index in [0.29, 0.717) is 11.8 Å². The van der Waals surface area contributed by atoms with E-state index in [1.807, 2.05) is 0 Å². The summed E-state index contributed by atoms with van der Waals surface area (Å²) in [5.41, 5.74) is 0. The Balaban J connectivity index is 3.40. The van der Waals surface area contributed by atoms with E-state index in [9.17, 15) is 0 Å². The molecule has 0 aliphatic rings. The quantitative estimate of drug-likeness (QED) is 0.439. The largest absolute Gasteiger partial charge is 0.380 e. The number of halogens is 1. The topological polar surface area (TPSA) is 12.5 Å². The number of hydrogen-bond donors (Lipinski definition) is 0. The molecule has 0 heterocycles. The zero-order chi connectivity index (χ0) is 10.8. The number of alkyl halides is 1. The summed E-state index contributed by atoms with van der Waals surface area (Å²) in [5.74, 6) is 1.34. The Morgan fingerprint density at radius 1 is 1.21 bits per heavy atom. The predicted octanol–water partition coefficient (Wildman–Crippen LogP) is 2.61. The molecule has 0 fully saturated rings. The standard InChI is InChI=1S/C11H24ClNO/c1-4-6-13(7-5-12)8-9-14-10-11(2)3/h11H,4-10H2,1-3H3. The highest BCUT2D eigenvalue weighted by Gasteiger charge is 2.02. The Kier molecular flexibility index (Phi) is 9.90. The van der Waals surface area contributed by atoms with Crippen LogP contribution in [0.15, 0.2) is 0 Å². The van der Waals surface area contributed by atoms with Crippen molar-refractivity contribution in [3.8, 4) is 0 Å². The molecule has 3 heteroatoms. The minimum absolute atomic E-state index is 0.627. The van der Waals surface area contributed by atoms with Gasteiger partial charge >= 0.3 is 0 Å². The number of rotatable bonds is 9. The molecule has 0 N–H and O–H groups in total. The second-order valence-corrected chi connectivity index (χ2v) is 4.38. The molecule has 0 aromatic rings. The Bertz CT molecular complexity index is 114. The highest BCUT2D eigenvalue weighted by Crippen LogP contribution is 1.95. The maximum absolute atomic E-state index is 5.71. The molecule has 0 saturated heterocycles. The lowest BCUT2D eigenvalue weighted by Gasteiger charge is -2.20. The van der Waals surface area contributed by atoms with Crippen molar-refractivity contribution in [3.63, 3.8) is 0 Å². The van der Waals surface area contributed by atoms with Gasteiger partial charge in [-0.15, -0.1) is 11.6 Å². The van der Waals surface area contributed by atoms with Crippen LogP contribution in [0.4, 0.5) is 0 Å². The lowest BCUT2D eigenvalue weighted by molar-refractivity contribution is 0.0869. The van der Waals surface area contributed by atoms with Gasteiger partial charge in [0.1, 0.15) is 0 Å². The predicted molar refractivity (Wildman–Crippen MR) is 63.1 cm³/mol. The lowest BCUT2D eigenvalue weighted by atomic mass is 10.2. The molecule has 0 bridgehead atoms. The minimum atomic E-state index is 0.627. The first-order valence-electron chi connectivity index (χ1n) is 5.56. The van der Waals surface area contributed by atoms with E-state index in [-0.39, 0.29) is 0 Å². The summed E-state index contributed by atoms with van der Waals surface area (Å²) in [5, 5.41) is 0. The third kappa shape index (κ3) is 8.79. The van der Waals surface area contributed by atoms with E-state index < -0.39 is 0 Å². The van der Waals surface area contributed by atoms with Crippen LogP contribution in [0.25, 0.3) is 0 Å². The minimum Gasteiger partial charge on any atom is -0.380 e. The Morgan fingerprint density at radius 3 is 2.43 bits per heavy atom. The summed E-state index contributed by atoms with van der Waals surface area (Å²) < 4.78 is 5.53. The SMILES string of the molecule is CCCN(CCCl)CCOCC(C)C. The van der Waals surface area contributed by atoms with Gasteiger partial charge < -0.3 is 4.74 Å². The summed E-state index contributed by atoms with van der Waals surface area (Å²) in [4.78, 5) is 2.35. The zero-order valence-corrected chi connectivity index (χ0v) is 10.5. The molecule has 0 aliphatic carbocycles.